The van der Waals surface area contributed by atoms with E-state index in [1.165, 1.54) is 11.3 Å². The highest BCUT2D eigenvalue weighted by atomic mass is 79.9. The minimum atomic E-state index is -0.424. The lowest BCUT2D eigenvalue weighted by Crippen LogP contribution is -2.29. The summed E-state index contributed by atoms with van der Waals surface area (Å²) in [5, 5.41) is 8.69. The summed E-state index contributed by atoms with van der Waals surface area (Å²) in [6.45, 7) is 1.76. The first-order valence-corrected chi connectivity index (χ1v) is 9.38. The zero-order valence-corrected chi connectivity index (χ0v) is 17.2. The maximum atomic E-state index is 12.6. The van der Waals surface area contributed by atoms with Gasteiger partial charge in [-0.15, -0.1) is 10.2 Å². The molecule has 0 unspecified atom stereocenters. The summed E-state index contributed by atoms with van der Waals surface area (Å²) < 4.78 is 2.36. The number of fused-ring (bicyclic) bond motifs is 1. The predicted molar refractivity (Wildman–Crippen MR) is 93.0 cm³/mol. The van der Waals surface area contributed by atoms with Crippen LogP contribution < -0.4 is 4.90 Å². The number of nitrogens with zero attached hydrogens (tertiary/aromatic N) is 3. The minimum Gasteiger partial charge on any atom is -0.268 e. The molecule has 21 heavy (non-hydrogen) atoms. The van der Waals surface area contributed by atoms with E-state index in [4.69, 9.17) is 0 Å². The molecule has 2 aromatic rings. The number of amides is 2. The number of rotatable bonds is 1. The number of hydrogen-bond donors (Lipinski definition) is 0. The minimum absolute atomic E-state index is 0.268. The molecule has 1 aromatic heterocycles. The predicted octanol–water partition coefficient (Wildman–Crippen LogP) is 4.70. The Labute approximate surface area is 156 Å². The van der Waals surface area contributed by atoms with Gasteiger partial charge in [-0.05, 0) is 70.6 Å². The van der Waals surface area contributed by atoms with Crippen molar-refractivity contribution >= 4 is 92.0 Å². The van der Waals surface area contributed by atoms with Crippen molar-refractivity contribution in [1.82, 2.24) is 10.2 Å². The molecule has 10 heteroatoms. The average Bonchev–Trinajstić information content (AvgIpc) is 2.96. The molecular weight excluding hydrogens is 558 g/mol. The van der Waals surface area contributed by atoms with Crippen molar-refractivity contribution in [3.63, 3.8) is 0 Å². The van der Waals surface area contributed by atoms with Gasteiger partial charge in [0.05, 0.1) is 11.1 Å². The average molecular weight is 561 g/mol. The van der Waals surface area contributed by atoms with Crippen molar-refractivity contribution in [2.24, 2.45) is 0 Å². The van der Waals surface area contributed by atoms with Crippen molar-refractivity contribution in [2.45, 2.75) is 6.92 Å². The van der Waals surface area contributed by atoms with Crippen LogP contribution in [0, 0.1) is 6.92 Å². The van der Waals surface area contributed by atoms with E-state index in [-0.39, 0.29) is 5.13 Å². The van der Waals surface area contributed by atoms with Crippen molar-refractivity contribution in [1.29, 1.82) is 0 Å². The molecule has 0 saturated heterocycles. The van der Waals surface area contributed by atoms with Crippen LogP contribution in [-0.2, 0) is 0 Å². The van der Waals surface area contributed by atoms with E-state index in [1.54, 1.807) is 6.92 Å². The molecule has 1 aliphatic rings. The van der Waals surface area contributed by atoms with E-state index in [0.717, 1.165) is 4.90 Å². The molecule has 0 N–H and O–H groups in total. The first-order valence-electron chi connectivity index (χ1n) is 5.39. The molecule has 5 nitrogen and oxygen atoms in total. The van der Waals surface area contributed by atoms with Gasteiger partial charge < -0.3 is 0 Å². The highest BCUT2D eigenvalue weighted by Gasteiger charge is 2.43. The Morgan fingerprint density at radius 1 is 0.857 bits per heavy atom. The molecule has 1 aliphatic heterocycles. The second kappa shape index (κ2) is 5.48. The summed E-state index contributed by atoms with van der Waals surface area (Å²) in [7, 11) is 0. The first kappa shape index (κ1) is 15.7. The maximum absolute atomic E-state index is 12.6. The number of halogens is 4. The van der Waals surface area contributed by atoms with Crippen molar-refractivity contribution < 1.29 is 9.59 Å². The molecule has 0 bridgehead atoms. The maximum Gasteiger partial charge on any atom is 0.269 e. The van der Waals surface area contributed by atoms with E-state index < -0.39 is 11.8 Å². The number of carbonyl (C=O) groups excluding carboxylic acids is 2. The highest BCUT2D eigenvalue weighted by molar-refractivity contribution is 9.15. The Bertz CT molecular complexity index is 773. The summed E-state index contributed by atoms with van der Waals surface area (Å²) in [5.74, 6) is -0.848. The molecule has 0 aliphatic carbocycles. The summed E-state index contributed by atoms with van der Waals surface area (Å²) in [6.07, 6.45) is 0. The van der Waals surface area contributed by atoms with Crippen molar-refractivity contribution in [3.05, 3.63) is 34.0 Å². The van der Waals surface area contributed by atoms with Crippen LogP contribution in [0.15, 0.2) is 17.9 Å². The lowest BCUT2D eigenvalue weighted by molar-refractivity contribution is 0.0925. The number of hydrogen-bond acceptors (Lipinski definition) is 5. The third-order valence-electron chi connectivity index (χ3n) is 2.81. The van der Waals surface area contributed by atoms with Gasteiger partial charge in [0.25, 0.3) is 11.8 Å². The quantitative estimate of drug-likeness (QED) is 0.288. The monoisotopic (exact) mass is 557 g/mol. The Balaban J connectivity index is 2.26. The molecule has 0 spiro atoms. The van der Waals surface area contributed by atoms with Crippen LogP contribution in [0.2, 0.25) is 0 Å². The Morgan fingerprint density at radius 2 is 1.33 bits per heavy atom. The van der Waals surface area contributed by atoms with Gasteiger partial charge in [0.15, 0.2) is 0 Å². The fourth-order valence-electron chi connectivity index (χ4n) is 1.90. The zero-order chi connectivity index (χ0) is 15.5. The molecule has 0 fully saturated rings. The Kier molecular flexibility index (Phi) is 4.11. The van der Waals surface area contributed by atoms with E-state index in [0.29, 0.717) is 34.0 Å². The number of aryl methyl sites for hydroxylation is 1. The lowest BCUT2D eigenvalue weighted by Gasteiger charge is -2.07. The smallest absolute Gasteiger partial charge is 0.268 e. The number of carbonyl (C=O) groups is 2. The van der Waals surface area contributed by atoms with E-state index in [2.05, 4.69) is 73.9 Å². The third-order valence-corrected chi connectivity index (χ3v) is 8.40. The number of imide groups is 1. The molecule has 0 saturated carbocycles. The van der Waals surface area contributed by atoms with Crippen molar-refractivity contribution in [3.8, 4) is 0 Å². The van der Waals surface area contributed by atoms with Crippen LogP contribution >= 0.6 is 75.1 Å². The molecular formula is C11H3Br4N3O2S. The van der Waals surface area contributed by atoms with Gasteiger partial charge in [-0.25, -0.2) is 4.90 Å². The Morgan fingerprint density at radius 3 is 1.71 bits per heavy atom. The van der Waals surface area contributed by atoms with Gasteiger partial charge in [-0.2, -0.15) is 0 Å². The zero-order valence-electron chi connectivity index (χ0n) is 10.1. The van der Waals surface area contributed by atoms with E-state index in [1.807, 2.05) is 0 Å². The Hall–Kier alpha value is -0.160. The van der Waals surface area contributed by atoms with Crippen LogP contribution in [0.5, 0.6) is 0 Å². The van der Waals surface area contributed by atoms with Crippen LogP contribution in [0.1, 0.15) is 25.7 Å². The van der Waals surface area contributed by atoms with Gasteiger partial charge in [-0.1, -0.05) is 11.3 Å². The topological polar surface area (TPSA) is 63.2 Å². The fraction of sp³-hybridized carbons (Fsp3) is 0.0909. The molecule has 0 radical (unpaired) electrons. The van der Waals surface area contributed by atoms with Crippen LogP contribution in [0.4, 0.5) is 5.13 Å². The number of benzene rings is 1. The summed E-state index contributed by atoms with van der Waals surface area (Å²) >= 11 is 14.7. The van der Waals surface area contributed by atoms with Crippen molar-refractivity contribution in [2.75, 3.05) is 4.90 Å². The summed E-state index contributed by atoms with van der Waals surface area (Å²) in [6, 6.07) is 0. The molecule has 3 rings (SSSR count). The fourth-order valence-corrected chi connectivity index (χ4v) is 5.04. The van der Waals surface area contributed by atoms with Crippen LogP contribution in [0.3, 0.4) is 0 Å². The van der Waals surface area contributed by atoms with Gasteiger partial charge >= 0.3 is 0 Å². The molecule has 0 atom stereocenters. The third kappa shape index (κ3) is 2.26. The van der Waals surface area contributed by atoms with E-state index in [9.17, 15) is 9.59 Å². The normalized spacial score (nSPS) is 14.0. The second-order valence-electron chi connectivity index (χ2n) is 4.06. The highest BCUT2D eigenvalue weighted by Crippen LogP contribution is 2.46. The summed E-state index contributed by atoms with van der Waals surface area (Å²) in [4.78, 5) is 26.3. The summed E-state index contributed by atoms with van der Waals surface area (Å²) in [5.41, 5.74) is 0.601. The van der Waals surface area contributed by atoms with Gasteiger partial charge in [0.1, 0.15) is 5.01 Å². The standard InChI is InChI=1S/C11H3Br4N3O2S/c1-2-16-17-11(21-2)18-9(19)3-4(10(18)20)6(13)8(15)7(14)5(3)12/h1H3. The second-order valence-corrected chi connectivity index (χ2v) is 8.39. The van der Waals surface area contributed by atoms with Gasteiger partial charge in [0.2, 0.25) is 5.13 Å². The van der Waals surface area contributed by atoms with Gasteiger partial charge in [0, 0.05) is 17.9 Å². The molecule has 2 amide bonds. The number of aromatic nitrogens is 2. The van der Waals surface area contributed by atoms with Crippen LogP contribution in [0.25, 0.3) is 0 Å². The molecule has 2 heterocycles. The van der Waals surface area contributed by atoms with E-state index >= 15 is 0 Å². The number of anilines is 1. The molecule has 108 valence electrons. The van der Waals surface area contributed by atoms with Gasteiger partial charge in [-0.3, -0.25) is 9.59 Å². The lowest BCUT2D eigenvalue weighted by atomic mass is 10.1. The first-order chi connectivity index (χ1) is 9.84. The largest absolute Gasteiger partial charge is 0.269 e. The molecule has 1 aromatic carbocycles. The van der Waals surface area contributed by atoms with Crippen LogP contribution in [-0.4, -0.2) is 22.0 Å². The SMILES string of the molecule is Cc1nnc(N2C(=O)c3c(Br)c(Br)c(Br)c(Br)c3C2=O)s1.